The Bertz CT molecular complexity index is 374. The molecule has 0 amide bonds. The smallest absolute Gasteiger partial charge is 0.374 e. The number of nitrogens with zero attached hydrogens (tertiary/aromatic N) is 3. The molecule has 1 unspecified atom stereocenters. The molecular formula is C9H14N4O2. The predicted octanol–water partition coefficient (Wildman–Crippen LogP) is 0.421. The Morgan fingerprint density at radius 2 is 2.47 bits per heavy atom. The molecule has 0 fully saturated rings. The number of aromatic carboxylic acids is 1. The number of rotatable bonds is 2. The van der Waals surface area contributed by atoms with Gasteiger partial charge in [-0.2, -0.15) is 0 Å². The molecule has 0 radical (unpaired) electrons. The van der Waals surface area contributed by atoms with Crippen molar-refractivity contribution in [3.63, 3.8) is 0 Å². The first-order valence-electron chi connectivity index (χ1n) is 5.13. The lowest BCUT2D eigenvalue weighted by Gasteiger charge is -2.12. The van der Waals surface area contributed by atoms with Crippen molar-refractivity contribution >= 4 is 5.97 Å². The third-order valence-corrected chi connectivity index (χ3v) is 2.64. The van der Waals surface area contributed by atoms with Crippen molar-refractivity contribution in [2.24, 2.45) is 0 Å². The van der Waals surface area contributed by atoms with E-state index in [0.29, 0.717) is 6.54 Å². The third kappa shape index (κ3) is 1.72. The Morgan fingerprint density at radius 1 is 1.67 bits per heavy atom. The van der Waals surface area contributed by atoms with Gasteiger partial charge in [-0.15, -0.1) is 10.2 Å². The fraction of sp³-hybridized carbons (Fsp3) is 0.667. The van der Waals surface area contributed by atoms with Crippen LogP contribution in [0, 0.1) is 0 Å². The number of fused-ring (bicyclic) bond motifs is 1. The van der Waals surface area contributed by atoms with Crippen LogP contribution in [-0.4, -0.2) is 32.4 Å². The van der Waals surface area contributed by atoms with Gasteiger partial charge in [0.1, 0.15) is 0 Å². The van der Waals surface area contributed by atoms with Crippen LogP contribution in [0.3, 0.4) is 0 Å². The van der Waals surface area contributed by atoms with Crippen LogP contribution < -0.4 is 5.32 Å². The van der Waals surface area contributed by atoms with Crippen LogP contribution in [0.25, 0.3) is 0 Å². The van der Waals surface area contributed by atoms with Gasteiger partial charge in [0, 0.05) is 6.54 Å². The molecule has 2 rings (SSSR count). The molecule has 1 aromatic heterocycles. The van der Waals surface area contributed by atoms with Crippen molar-refractivity contribution in [2.45, 2.75) is 32.4 Å². The third-order valence-electron chi connectivity index (χ3n) is 2.64. The highest BCUT2D eigenvalue weighted by Gasteiger charge is 2.24. The standard InChI is InChI=1S/C9H14N4O2/c1-2-6-7-11-12-8(9(14)15)13(7)5-3-4-10-6/h6,10H,2-5H2,1H3,(H,14,15). The van der Waals surface area contributed by atoms with Gasteiger partial charge in [-0.3, -0.25) is 0 Å². The number of carboxylic acid groups (broad SMARTS) is 1. The summed E-state index contributed by atoms with van der Waals surface area (Å²) in [7, 11) is 0. The minimum atomic E-state index is -1.01. The molecule has 1 aliphatic rings. The average Bonchev–Trinajstić information content (AvgIpc) is 2.53. The van der Waals surface area contributed by atoms with Crippen molar-refractivity contribution in [1.82, 2.24) is 20.1 Å². The van der Waals surface area contributed by atoms with Crippen molar-refractivity contribution in [3.8, 4) is 0 Å². The molecule has 6 heteroatoms. The zero-order valence-electron chi connectivity index (χ0n) is 8.60. The molecule has 2 heterocycles. The summed E-state index contributed by atoms with van der Waals surface area (Å²) in [6.45, 7) is 3.61. The van der Waals surface area contributed by atoms with E-state index in [-0.39, 0.29) is 11.9 Å². The molecule has 6 nitrogen and oxygen atoms in total. The van der Waals surface area contributed by atoms with Gasteiger partial charge in [-0.1, -0.05) is 6.92 Å². The van der Waals surface area contributed by atoms with E-state index in [0.717, 1.165) is 25.2 Å². The molecule has 15 heavy (non-hydrogen) atoms. The van der Waals surface area contributed by atoms with Crippen LogP contribution in [0.4, 0.5) is 0 Å². The van der Waals surface area contributed by atoms with Crippen LogP contribution in [0.2, 0.25) is 0 Å². The van der Waals surface area contributed by atoms with E-state index >= 15 is 0 Å². The summed E-state index contributed by atoms with van der Waals surface area (Å²) in [5.74, 6) is -0.218. The summed E-state index contributed by atoms with van der Waals surface area (Å²) in [5.41, 5.74) is 0. The van der Waals surface area contributed by atoms with Crippen LogP contribution in [0.1, 0.15) is 42.3 Å². The molecule has 1 atom stereocenters. The Morgan fingerprint density at radius 3 is 3.13 bits per heavy atom. The van der Waals surface area contributed by atoms with Gasteiger partial charge in [0.05, 0.1) is 6.04 Å². The first-order chi connectivity index (χ1) is 7.24. The first-order valence-corrected chi connectivity index (χ1v) is 5.13. The van der Waals surface area contributed by atoms with Gasteiger partial charge in [-0.25, -0.2) is 4.79 Å². The number of nitrogens with one attached hydrogen (secondary N) is 1. The van der Waals surface area contributed by atoms with Gasteiger partial charge in [-0.05, 0) is 19.4 Å². The largest absolute Gasteiger partial charge is 0.475 e. The molecule has 0 spiro atoms. The summed E-state index contributed by atoms with van der Waals surface area (Å²) in [5, 5.41) is 19.9. The predicted molar refractivity (Wildman–Crippen MR) is 52.6 cm³/mol. The summed E-state index contributed by atoms with van der Waals surface area (Å²) >= 11 is 0. The van der Waals surface area contributed by atoms with E-state index < -0.39 is 5.97 Å². The van der Waals surface area contributed by atoms with Crippen molar-refractivity contribution in [1.29, 1.82) is 0 Å². The monoisotopic (exact) mass is 210 g/mol. The maximum absolute atomic E-state index is 10.9. The maximum atomic E-state index is 10.9. The fourth-order valence-corrected chi connectivity index (χ4v) is 1.88. The average molecular weight is 210 g/mol. The van der Waals surface area contributed by atoms with Crippen molar-refractivity contribution < 1.29 is 9.90 Å². The summed E-state index contributed by atoms with van der Waals surface area (Å²) in [4.78, 5) is 10.9. The fourth-order valence-electron chi connectivity index (χ4n) is 1.88. The van der Waals surface area contributed by atoms with Gasteiger partial charge in [0.2, 0.25) is 5.82 Å². The van der Waals surface area contributed by atoms with Crippen LogP contribution in [-0.2, 0) is 6.54 Å². The van der Waals surface area contributed by atoms with Gasteiger partial charge in [0.25, 0.3) is 0 Å². The normalized spacial score (nSPS) is 20.7. The van der Waals surface area contributed by atoms with Gasteiger partial charge < -0.3 is 15.0 Å². The second kappa shape index (κ2) is 3.98. The SMILES string of the molecule is CCC1NCCCn2c(C(=O)O)nnc21. The molecule has 0 aliphatic carbocycles. The number of hydrogen-bond donors (Lipinski definition) is 2. The molecule has 2 N–H and O–H groups in total. The lowest BCUT2D eigenvalue weighted by Crippen LogP contribution is -2.21. The van der Waals surface area contributed by atoms with Crippen LogP contribution in [0.5, 0.6) is 0 Å². The zero-order chi connectivity index (χ0) is 10.8. The zero-order valence-corrected chi connectivity index (χ0v) is 8.60. The molecule has 82 valence electrons. The molecule has 0 bridgehead atoms. The van der Waals surface area contributed by atoms with Crippen molar-refractivity contribution in [3.05, 3.63) is 11.6 Å². The molecule has 1 aromatic rings. The highest BCUT2D eigenvalue weighted by molar-refractivity contribution is 5.83. The highest BCUT2D eigenvalue weighted by Crippen LogP contribution is 2.18. The van der Waals surface area contributed by atoms with Gasteiger partial charge >= 0.3 is 5.97 Å². The minimum Gasteiger partial charge on any atom is -0.475 e. The quantitative estimate of drug-likeness (QED) is 0.739. The lowest BCUT2D eigenvalue weighted by atomic mass is 10.2. The number of hydrogen-bond acceptors (Lipinski definition) is 4. The number of carbonyl (C=O) groups is 1. The molecular weight excluding hydrogens is 196 g/mol. The Hall–Kier alpha value is -1.43. The Kier molecular flexibility index (Phi) is 2.68. The van der Waals surface area contributed by atoms with Crippen LogP contribution in [0.15, 0.2) is 0 Å². The second-order valence-electron chi connectivity index (χ2n) is 3.61. The van der Waals surface area contributed by atoms with Gasteiger partial charge in [0.15, 0.2) is 5.82 Å². The van der Waals surface area contributed by atoms with E-state index in [4.69, 9.17) is 5.11 Å². The molecule has 0 saturated heterocycles. The lowest BCUT2D eigenvalue weighted by molar-refractivity contribution is 0.0677. The van der Waals surface area contributed by atoms with E-state index in [1.807, 2.05) is 6.92 Å². The Balaban J connectivity index is 2.42. The van der Waals surface area contributed by atoms with Crippen LogP contribution >= 0.6 is 0 Å². The van der Waals surface area contributed by atoms with E-state index in [1.54, 1.807) is 4.57 Å². The van der Waals surface area contributed by atoms with E-state index in [9.17, 15) is 4.79 Å². The second-order valence-corrected chi connectivity index (χ2v) is 3.61. The summed E-state index contributed by atoms with van der Waals surface area (Å²) in [6, 6.07) is 0.119. The van der Waals surface area contributed by atoms with Crippen molar-refractivity contribution in [2.75, 3.05) is 6.54 Å². The number of aromatic nitrogens is 3. The number of carboxylic acids is 1. The van der Waals surface area contributed by atoms with E-state index in [2.05, 4.69) is 15.5 Å². The summed E-state index contributed by atoms with van der Waals surface area (Å²) < 4.78 is 1.70. The molecule has 0 aromatic carbocycles. The van der Waals surface area contributed by atoms with E-state index in [1.165, 1.54) is 0 Å². The topological polar surface area (TPSA) is 80.0 Å². The highest BCUT2D eigenvalue weighted by atomic mass is 16.4. The first kappa shape index (κ1) is 10.1. The minimum absolute atomic E-state index is 0.0483. The summed E-state index contributed by atoms with van der Waals surface area (Å²) in [6.07, 6.45) is 1.79. The molecule has 0 saturated carbocycles. The Labute approximate surface area is 87.3 Å². The maximum Gasteiger partial charge on any atom is 0.374 e. The molecule has 1 aliphatic heterocycles.